The van der Waals surface area contributed by atoms with Gasteiger partial charge in [-0.3, -0.25) is 4.79 Å². The third-order valence-corrected chi connectivity index (χ3v) is 9.85. The molecule has 0 amide bonds. The Morgan fingerprint density at radius 2 is 1.46 bits per heavy atom. The highest BCUT2D eigenvalue weighted by atomic mass is 19.2. The standard InChI is InChI=1S/C33H36F4O4/c34-29-24(13-14-26(31(29)36)28-17-40-28)20-3-1-18(2-4-20)19-9-11-23(12-10-19)41-33(39)22-7-5-21(6-8-22)25-15-16-27(38)32(37)30(25)35/h3,13-16,18-19,21-23,28,38H,1-2,4-12,17H2. The minimum Gasteiger partial charge on any atom is -0.505 e. The molecule has 3 fully saturated rings. The van der Waals surface area contributed by atoms with Crippen LogP contribution in [0.15, 0.2) is 30.3 Å². The Bertz CT molecular complexity index is 1320. The van der Waals surface area contributed by atoms with Crippen LogP contribution in [0.25, 0.3) is 5.57 Å². The van der Waals surface area contributed by atoms with Crippen LogP contribution in [0.1, 0.15) is 99.3 Å². The van der Waals surface area contributed by atoms with Crippen LogP contribution >= 0.6 is 0 Å². The summed E-state index contributed by atoms with van der Waals surface area (Å²) in [6, 6.07) is 5.93. The summed E-state index contributed by atoms with van der Waals surface area (Å²) in [4.78, 5) is 12.9. The number of halogens is 4. The van der Waals surface area contributed by atoms with E-state index in [-0.39, 0.29) is 35.6 Å². The predicted octanol–water partition coefficient (Wildman–Crippen LogP) is 8.28. The van der Waals surface area contributed by atoms with Gasteiger partial charge in [0.1, 0.15) is 12.2 Å². The van der Waals surface area contributed by atoms with Crippen LogP contribution in [0, 0.1) is 41.0 Å². The van der Waals surface area contributed by atoms with Gasteiger partial charge >= 0.3 is 5.97 Å². The molecule has 2 unspecified atom stereocenters. The maximum atomic E-state index is 14.8. The van der Waals surface area contributed by atoms with Crippen LogP contribution < -0.4 is 0 Å². The summed E-state index contributed by atoms with van der Waals surface area (Å²) >= 11 is 0. The second-order valence-electron chi connectivity index (χ2n) is 12.2. The Hall–Kier alpha value is -2.87. The summed E-state index contributed by atoms with van der Waals surface area (Å²) in [5.41, 5.74) is 1.78. The van der Waals surface area contributed by atoms with Gasteiger partial charge in [0.25, 0.3) is 0 Å². The molecule has 0 aromatic heterocycles. The maximum absolute atomic E-state index is 14.8. The van der Waals surface area contributed by atoms with Gasteiger partial charge in [0, 0.05) is 11.1 Å². The number of allylic oxidation sites excluding steroid dienone is 2. The second kappa shape index (κ2) is 11.8. The summed E-state index contributed by atoms with van der Waals surface area (Å²) in [7, 11) is 0. The number of carbonyl (C=O) groups is 1. The minimum absolute atomic E-state index is 0.0964. The number of ether oxygens (including phenoxy) is 2. The lowest BCUT2D eigenvalue weighted by molar-refractivity contribution is -0.157. The molecular weight excluding hydrogens is 536 g/mol. The quantitative estimate of drug-likeness (QED) is 0.215. The monoisotopic (exact) mass is 572 g/mol. The molecule has 4 aliphatic rings. The molecule has 0 radical (unpaired) electrons. The molecule has 1 heterocycles. The van der Waals surface area contributed by atoms with Gasteiger partial charge in [-0.25, -0.2) is 13.2 Å². The zero-order chi connectivity index (χ0) is 28.7. The van der Waals surface area contributed by atoms with Crippen LogP contribution in [0.2, 0.25) is 0 Å². The lowest BCUT2D eigenvalue weighted by atomic mass is 9.72. The smallest absolute Gasteiger partial charge is 0.309 e. The number of phenolic OH excluding ortho intramolecular Hbond substituents is 1. The van der Waals surface area contributed by atoms with E-state index < -0.39 is 29.0 Å². The van der Waals surface area contributed by atoms with Crippen molar-refractivity contribution in [3.8, 4) is 5.75 Å². The van der Waals surface area contributed by atoms with Crippen molar-refractivity contribution < 1.29 is 36.9 Å². The molecule has 6 rings (SSSR count). The minimum atomic E-state index is -1.22. The van der Waals surface area contributed by atoms with Gasteiger partial charge in [-0.15, -0.1) is 0 Å². The molecule has 2 aromatic carbocycles. The van der Waals surface area contributed by atoms with E-state index in [9.17, 15) is 27.5 Å². The summed E-state index contributed by atoms with van der Waals surface area (Å²) in [6.45, 7) is 0.441. The summed E-state index contributed by atoms with van der Waals surface area (Å²) < 4.78 is 68.3. The largest absolute Gasteiger partial charge is 0.505 e. The average Bonchev–Trinajstić information content (AvgIpc) is 3.84. The van der Waals surface area contributed by atoms with E-state index >= 15 is 0 Å². The van der Waals surface area contributed by atoms with E-state index in [0.717, 1.165) is 50.5 Å². The highest BCUT2D eigenvalue weighted by Gasteiger charge is 2.35. The molecular formula is C33H36F4O4. The van der Waals surface area contributed by atoms with Gasteiger partial charge in [-0.05, 0) is 106 Å². The molecule has 1 aliphatic heterocycles. The number of phenols is 1. The first-order valence-electron chi connectivity index (χ1n) is 15.0. The van der Waals surface area contributed by atoms with Gasteiger partial charge in [0.15, 0.2) is 23.2 Å². The van der Waals surface area contributed by atoms with E-state index in [1.165, 1.54) is 12.1 Å². The fourth-order valence-corrected chi connectivity index (χ4v) is 7.26. The Labute approximate surface area is 237 Å². The molecule has 4 nitrogen and oxygen atoms in total. The van der Waals surface area contributed by atoms with Crippen molar-refractivity contribution in [1.29, 1.82) is 0 Å². The van der Waals surface area contributed by atoms with E-state index in [1.54, 1.807) is 12.1 Å². The van der Waals surface area contributed by atoms with Crippen molar-refractivity contribution in [2.24, 2.45) is 17.8 Å². The van der Waals surface area contributed by atoms with Crippen LogP contribution in [0.5, 0.6) is 5.75 Å². The molecule has 1 saturated heterocycles. The molecule has 0 spiro atoms. The number of hydrogen-bond donors (Lipinski definition) is 1. The van der Waals surface area contributed by atoms with Crippen molar-refractivity contribution in [3.05, 3.63) is 70.3 Å². The van der Waals surface area contributed by atoms with Crippen LogP contribution in [0.3, 0.4) is 0 Å². The number of carbonyl (C=O) groups excluding carboxylic acids is 1. The van der Waals surface area contributed by atoms with Crippen LogP contribution in [-0.4, -0.2) is 23.8 Å². The highest BCUT2D eigenvalue weighted by molar-refractivity contribution is 5.72. The van der Waals surface area contributed by atoms with Crippen molar-refractivity contribution in [3.63, 3.8) is 0 Å². The molecule has 3 aliphatic carbocycles. The Morgan fingerprint density at radius 1 is 0.780 bits per heavy atom. The van der Waals surface area contributed by atoms with Gasteiger partial charge in [-0.2, -0.15) is 4.39 Å². The number of aromatic hydroxyl groups is 1. The van der Waals surface area contributed by atoms with Gasteiger partial charge in [-0.1, -0.05) is 24.3 Å². The normalized spacial score (nSPS) is 30.0. The lowest BCUT2D eigenvalue weighted by Crippen LogP contribution is -2.31. The zero-order valence-electron chi connectivity index (χ0n) is 23.0. The van der Waals surface area contributed by atoms with E-state index in [0.29, 0.717) is 55.3 Å². The molecule has 0 bridgehead atoms. The molecule has 1 N–H and O–H groups in total. The second-order valence-corrected chi connectivity index (χ2v) is 12.2. The number of hydrogen-bond acceptors (Lipinski definition) is 4. The maximum Gasteiger partial charge on any atom is 0.309 e. The summed E-state index contributed by atoms with van der Waals surface area (Å²) in [6.07, 6.45) is 10.0. The number of epoxide rings is 1. The van der Waals surface area contributed by atoms with Crippen molar-refractivity contribution >= 4 is 11.5 Å². The van der Waals surface area contributed by atoms with E-state index in [1.807, 2.05) is 0 Å². The third-order valence-electron chi connectivity index (χ3n) is 9.85. The highest BCUT2D eigenvalue weighted by Crippen LogP contribution is 2.43. The molecule has 2 saturated carbocycles. The Balaban J connectivity index is 0.958. The molecule has 2 aromatic rings. The Kier molecular flexibility index (Phi) is 8.12. The molecule has 41 heavy (non-hydrogen) atoms. The zero-order valence-corrected chi connectivity index (χ0v) is 23.0. The SMILES string of the molecule is O=C(OC1CCC(C2CC=C(c3ccc(C4CO4)c(F)c3F)CC2)CC1)C1CCC(c2ccc(O)c(F)c2F)CC1. The molecule has 8 heteroatoms. The van der Waals surface area contributed by atoms with E-state index in [2.05, 4.69) is 6.08 Å². The first-order valence-corrected chi connectivity index (χ1v) is 15.0. The Morgan fingerprint density at radius 3 is 2.12 bits per heavy atom. The fraction of sp³-hybridized carbons (Fsp3) is 0.545. The van der Waals surface area contributed by atoms with Crippen molar-refractivity contribution in [1.82, 2.24) is 0 Å². The topological polar surface area (TPSA) is 59.1 Å². The molecule has 2 atom stereocenters. The van der Waals surface area contributed by atoms with Crippen molar-refractivity contribution in [2.75, 3.05) is 6.61 Å². The average molecular weight is 573 g/mol. The number of esters is 1. The summed E-state index contributed by atoms with van der Waals surface area (Å²) in [5, 5.41) is 9.37. The van der Waals surface area contributed by atoms with Crippen LogP contribution in [-0.2, 0) is 14.3 Å². The van der Waals surface area contributed by atoms with Crippen LogP contribution in [0.4, 0.5) is 17.6 Å². The van der Waals surface area contributed by atoms with Crippen molar-refractivity contribution in [2.45, 2.75) is 88.8 Å². The predicted molar refractivity (Wildman–Crippen MR) is 145 cm³/mol. The van der Waals surface area contributed by atoms with Gasteiger partial charge in [0.2, 0.25) is 5.82 Å². The van der Waals surface area contributed by atoms with Gasteiger partial charge < -0.3 is 14.6 Å². The number of benzene rings is 2. The lowest BCUT2D eigenvalue weighted by Gasteiger charge is -2.36. The summed E-state index contributed by atoms with van der Waals surface area (Å²) in [5.74, 6) is -4.08. The van der Waals surface area contributed by atoms with E-state index in [4.69, 9.17) is 9.47 Å². The molecule has 220 valence electrons. The fourth-order valence-electron chi connectivity index (χ4n) is 7.26. The first kappa shape index (κ1) is 28.3. The third kappa shape index (κ3) is 5.90. The first-order chi connectivity index (χ1) is 19.8. The number of rotatable bonds is 6. The van der Waals surface area contributed by atoms with Gasteiger partial charge in [0.05, 0.1) is 12.5 Å².